The van der Waals surface area contributed by atoms with Gasteiger partial charge in [-0.05, 0) is 59.9 Å². The summed E-state index contributed by atoms with van der Waals surface area (Å²) in [6.45, 7) is 0. The summed E-state index contributed by atoms with van der Waals surface area (Å²) >= 11 is 1.66. The predicted octanol–water partition coefficient (Wildman–Crippen LogP) is 2.92. The summed E-state index contributed by atoms with van der Waals surface area (Å²) in [5, 5.41) is 9.58. The number of thioether (sulfide) groups is 1. The van der Waals surface area contributed by atoms with Gasteiger partial charge < -0.3 is 36.1 Å². The van der Waals surface area contributed by atoms with Crippen molar-refractivity contribution in [3.63, 3.8) is 0 Å². The van der Waals surface area contributed by atoms with E-state index in [9.17, 15) is 10.1 Å². The number of carbonyl (C=O) groups excluding carboxylic acids is 1. The van der Waals surface area contributed by atoms with E-state index >= 15 is 0 Å². The van der Waals surface area contributed by atoms with E-state index in [1.807, 2.05) is 12.3 Å². The molecule has 0 aliphatic carbocycles. The van der Waals surface area contributed by atoms with Crippen LogP contribution in [0.5, 0.6) is 23.0 Å². The van der Waals surface area contributed by atoms with Gasteiger partial charge >= 0.3 is 0 Å². The average Bonchev–Trinajstić information content (AvgIpc) is 2.85. The van der Waals surface area contributed by atoms with Gasteiger partial charge in [-0.3, -0.25) is 4.79 Å². The number of nitriles is 1. The zero-order chi connectivity index (χ0) is 25.7. The molecular weight excluding hydrogens is 456 g/mol. The van der Waals surface area contributed by atoms with Gasteiger partial charge in [0.1, 0.15) is 5.75 Å². The molecule has 0 bridgehead atoms. The number of amides is 1. The van der Waals surface area contributed by atoms with Crippen molar-refractivity contribution in [1.29, 1.82) is 5.26 Å². The lowest BCUT2D eigenvalue weighted by atomic mass is 10.0. The number of allylic oxidation sites excluding steroid dienone is 1. The summed E-state index contributed by atoms with van der Waals surface area (Å²) in [4.78, 5) is 10.3. The molecule has 2 aromatic rings. The SMILES string of the molecule is COc1ccc(/C=C(/C#N)c2cc(OC)c(OC)c(OC)c2)cc1N.CSCC[C@@H](N)C(N)=O. The van der Waals surface area contributed by atoms with E-state index in [2.05, 4.69) is 6.07 Å². The molecule has 0 saturated heterocycles. The first kappa shape index (κ1) is 28.5. The molecule has 0 heterocycles. The Hall–Kier alpha value is -3.55. The molecule has 34 heavy (non-hydrogen) atoms. The smallest absolute Gasteiger partial charge is 0.234 e. The Kier molecular flexibility index (Phi) is 12.2. The normalized spacial score (nSPS) is 11.4. The zero-order valence-corrected chi connectivity index (χ0v) is 20.9. The van der Waals surface area contributed by atoms with E-state index in [1.54, 1.807) is 49.2 Å². The number of nitrogen functional groups attached to an aromatic ring is 1. The van der Waals surface area contributed by atoms with Crippen LogP contribution in [0.3, 0.4) is 0 Å². The molecule has 9 nitrogen and oxygen atoms in total. The molecule has 0 aromatic heterocycles. The second-order valence-corrected chi connectivity index (χ2v) is 7.86. The zero-order valence-electron chi connectivity index (χ0n) is 20.1. The highest BCUT2D eigenvalue weighted by Crippen LogP contribution is 2.40. The Morgan fingerprint density at radius 3 is 2.06 bits per heavy atom. The molecule has 2 aromatic carbocycles. The third kappa shape index (κ3) is 8.10. The third-order valence-corrected chi connectivity index (χ3v) is 5.30. The number of primary amides is 1. The average molecular weight is 489 g/mol. The first-order valence-electron chi connectivity index (χ1n) is 10.2. The summed E-state index contributed by atoms with van der Waals surface area (Å²) in [6.07, 6.45) is 4.38. The van der Waals surface area contributed by atoms with Crippen molar-refractivity contribution in [2.45, 2.75) is 12.5 Å². The van der Waals surface area contributed by atoms with Crippen LogP contribution in [0.4, 0.5) is 5.69 Å². The van der Waals surface area contributed by atoms with Crippen LogP contribution in [0.25, 0.3) is 11.6 Å². The number of hydrogen-bond donors (Lipinski definition) is 3. The highest BCUT2D eigenvalue weighted by atomic mass is 32.2. The predicted molar refractivity (Wildman–Crippen MR) is 137 cm³/mol. The molecule has 0 aliphatic heterocycles. The second-order valence-electron chi connectivity index (χ2n) is 6.88. The summed E-state index contributed by atoms with van der Waals surface area (Å²) in [7, 11) is 6.14. The summed E-state index contributed by atoms with van der Waals surface area (Å²) in [5.74, 6) is 2.50. The number of ether oxygens (including phenoxy) is 4. The largest absolute Gasteiger partial charge is 0.495 e. The van der Waals surface area contributed by atoms with Crippen LogP contribution in [0.2, 0.25) is 0 Å². The number of benzene rings is 2. The van der Waals surface area contributed by atoms with Gasteiger partial charge in [-0.2, -0.15) is 17.0 Å². The number of methoxy groups -OCH3 is 4. The van der Waals surface area contributed by atoms with Gasteiger partial charge in [-0.1, -0.05) is 6.07 Å². The molecule has 0 fully saturated rings. The van der Waals surface area contributed by atoms with Crippen molar-refractivity contribution in [2.24, 2.45) is 11.5 Å². The van der Waals surface area contributed by atoms with Crippen molar-refractivity contribution in [3.05, 3.63) is 41.5 Å². The highest BCUT2D eigenvalue weighted by Gasteiger charge is 2.15. The Bertz CT molecular complexity index is 1010. The molecule has 0 radical (unpaired) electrons. The summed E-state index contributed by atoms with van der Waals surface area (Å²) in [5.41, 5.74) is 18.5. The number of hydrogen-bond acceptors (Lipinski definition) is 9. The molecule has 10 heteroatoms. The van der Waals surface area contributed by atoms with Crippen molar-refractivity contribution in [3.8, 4) is 29.1 Å². The third-order valence-electron chi connectivity index (χ3n) is 4.66. The molecule has 1 amide bonds. The van der Waals surface area contributed by atoms with Crippen molar-refractivity contribution >= 4 is 35.0 Å². The fraction of sp³-hybridized carbons (Fsp3) is 0.333. The minimum Gasteiger partial charge on any atom is -0.495 e. The molecule has 2 rings (SSSR count). The van der Waals surface area contributed by atoms with Crippen LogP contribution in [-0.2, 0) is 4.79 Å². The molecular formula is C24H32N4O5S. The monoisotopic (exact) mass is 488 g/mol. The second kappa shape index (κ2) is 14.6. The van der Waals surface area contributed by atoms with Crippen molar-refractivity contribution in [1.82, 2.24) is 0 Å². The molecule has 0 saturated carbocycles. The summed E-state index contributed by atoms with van der Waals surface area (Å²) < 4.78 is 21.1. The Balaban J connectivity index is 0.000000546. The van der Waals surface area contributed by atoms with Gasteiger partial charge in [0.15, 0.2) is 11.5 Å². The van der Waals surface area contributed by atoms with E-state index in [-0.39, 0.29) is 0 Å². The molecule has 0 unspecified atom stereocenters. The van der Waals surface area contributed by atoms with E-state index < -0.39 is 11.9 Å². The number of anilines is 1. The number of nitrogens with two attached hydrogens (primary N) is 3. The quantitative estimate of drug-likeness (QED) is 0.260. The molecule has 184 valence electrons. The van der Waals surface area contributed by atoms with E-state index in [4.69, 9.17) is 36.1 Å². The number of carbonyl (C=O) groups is 1. The molecule has 0 spiro atoms. The van der Waals surface area contributed by atoms with Gasteiger partial charge in [0.2, 0.25) is 11.7 Å². The van der Waals surface area contributed by atoms with Crippen molar-refractivity contribution in [2.75, 3.05) is 46.2 Å². The number of rotatable bonds is 10. The van der Waals surface area contributed by atoms with Crippen molar-refractivity contribution < 1.29 is 23.7 Å². The minimum atomic E-state index is -0.461. The van der Waals surface area contributed by atoms with E-state index in [0.717, 1.165) is 11.3 Å². The molecule has 1 atom stereocenters. The Labute approximate surface area is 204 Å². The number of nitrogens with zero attached hydrogens (tertiary/aromatic N) is 1. The maximum atomic E-state index is 10.3. The van der Waals surface area contributed by atoms with Gasteiger partial charge in [0, 0.05) is 0 Å². The topological polar surface area (TPSA) is 156 Å². The first-order valence-corrected chi connectivity index (χ1v) is 11.5. The highest BCUT2D eigenvalue weighted by molar-refractivity contribution is 7.98. The first-order chi connectivity index (χ1) is 16.3. The molecule has 0 aliphatic rings. The maximum Gasteiger partial charge on any atom is 0.234 e. The lowest BCUT2D eigenvalue weighted by molar-refractivity contribution is -0.119. The Morgan fingerprint density at radius 1 is 1.06 bits per heavy atom. The lowest BCUT2D eigenvalue weighted by Crippen LogP contribution is -2.36. The fourth-order valence-electron chi connectivity index (χ4n) is 2.81. The lowest BCUT2D eigenvalue weighted by Gasteiger charge is -2.14. The van der Waals surface area contributed by atoms with Crippen LogP contribution in [0.15, 0.2) is 30.3 Å². The molecule has 6 N–H and O–H groups in total. The van der Waals surface area contributed by atoms with Crippen LogP contribution in [0.1, 0.15) is 17.5 Å². The van der Waals surface area contributed by atoms with Gasteiger partial charge in [0.05, 0.1) is 51.8 Å². The minimum absolute atomic E-state index is 0.413. The Morgan fingerprint density at radius 2 is 1.65 bits per heavy atom. The van der Waals surface area contributed by atoms with Gasteiger partial charge in [-0.25, -0.2) is 0 Å². The maximum absolute atomic E-state index is 10.3. The van der Waals surface area contributed by atoms with Gasteiger partial charge in [-0.15, -0.1) is 0 Å². The van der Waals surface area contributed by atoms with Crippen LogP contribution < -0.4 is 36.1 Å². The summed E-state index contributed by atoms with van der Waals surface area (Å²) in [6, 6.07) is 10.5. The fourth-order valence-corrected chi connectivity index (χ4v) is 3.30. The van der Waals surface area contributed by atoms with Crippen LogP contribution in [0, 0.1) is 11.3 Å². The van der Waals surface area contributed by atoms with E-state index in [0.29, 0.717) is 46.2 Å². The van der Waals surface area contributed by atoms with Crippen LogP contribution in [-0.4, -0.2) is 52.4 Å². The van der Waals surface area contributed by atoms with Gasteiger partial charge in [0.25, 0.3) is 0 Å². The van der Waals surface area contributed by atoms with Crippen LogP contribution >= 0.6 is 11.8 Å². The standard InChI is InChI=1S/C19H20N2O4.C5H12N2OS/c1-22-16-6-5-12(8-15(16)21)7-14(11-20)13-9-17(23-2)19(25-4)18(10-13)24-3;1-9-3-2-4(6)5(7)8/h5-10H,21H2,1-4H3;4H,2-3,6H2,1H3,(H2,7,8)/b14-7-;/t;4-/m.1/s1. The van der Waals surface area contributed by atoms with E-state index in [1.165, 1.54) is 21.3 Å².